The molecule has 3 unspecified atom stereocenters. The molecule has 2 fully saturated rings. The second-order valence-corrected chi connectivity index (χ2v) is 5.60. The molecule has 1 radical (unpaired) electrons. The maximum atomic E-state index is 11.9. The molecule has 0 spiro atoms. The van der Waals surface area contributed by atoms with Gasteiger partial charge in [-0.3, -0.25) is 9.59 Å². The fourth-order valence-electron chi connectivity index (χ4n) is 2.87. The molecule has 87 valence electrons. The van der Waals surface area contributed by atoms with E-state index in [1.54, 1.807) is 0 Å². The zero-order chi connectivity index (χ0) is 11.7. The lowest BCUT2D eigenvalue weighted by Gasteiger charge is -2.36. The number of hydrogen-bond donors (Lipinski definition) is 0. The van der Waals surface area contributed by atoms with Crippen molar-refractivity contribution < 1.29 is 17.2 Å². The topological polar surface area (TPSA) is 52.6 Å². The summed E-state index contributed by atoms with van der Waals surface area (Å²) in [5.74, 6) is -0.308. The molecule has 5 heteroatoms. The summed E-state index contributed by atoms with van der Waals surface area (Å²) in [6, 6.07) is 0. The van der Waals surface area contributed by atoms with Gasteiger partial charge in [0.15, 0.2) is 0 Å². The lowest BCUT2D eigenvalue weighted by molar-refractivity contribution is -0.150. The number of hydrogen-bond acceptors (Lipinski definition) is 4. The van der Waals surface area contributed by atoms with Gasteiger partial charge in [-0.25, -0.2) is 0 Å². The molecule has 4 nitrogen and oxygen atoms in total. The molecule has 1 aliphatic heterocycles. The molecular formula is C11H16AlO4. The first-order valence-corrected chi connectivity index (χ1v) is 6.78. The monoisotopic (exact) mass is 239 g/mol. The van der Waals surface area contributed by atoms with Crippen molar-refractivity contribution in [2.24, 2.45) is 23.7 Å². The summed E-state index contributed by atoms with van der Waals surface area (Å²) in [7, 11) is 0. The molecule has 1 saturated heterocycles. The lowest BCUT2D eigenvalue weighted by Crippen LogP contribution is -2.39. The number of carbonyl (C=O) groups excluding carboxylic acids is 2. The van der Waals surface area contributed by atoms with Crippen LogP contribution in [0.2, 0.25) is 0 Å². The van der Waals surface area contributed by atoms with E-state index in [2.05, 4.69) is 13.8 Å². The predicted octanol–water partition coefficient (Wildman–Crippen LogP) is 1.31. The zero-order valence-corrected chi connectivity index (χ0v) is 10.8. The third-order valence-electron chi connectivity index (χ3n) is 3.71. The summed E-state index contributed by atoms with van der Waals surface area (Å²) >= 11 is -0.938. The maximum absolute atomic E-state index is 11.9. The Hall–Kier alpha value is -0.528. The van der Waals surface area contributed by atoms with Crippen LogP contribution < -0.4 is 0 Å². The van der Waals surface area contributed by atoms with Gasteiger partial charge in [0.25, 0.3) is 11.9 Å². The van der Waals surface area contributed by atoms with Crippen molar-refractivity contribution >= 4 is 27.8 Å². The molecule has 1 aliphatic carbocycles. The van der Waals surface area contributed by atoms with Crippen LogP contribution in [0.4, 0.5) is 0 Å². The molecule has 0 N–H and O–H groups in total. The van der Waals surface area contributed by atoms with E-state index in [1.165, 1.54) is 0 Å². The molecule has 0 aromatic heterocycles. The maximum Gasteiger partial charge on any atom is 0.885 e. The molecule has 1 saturated carbocycles. The molecular weight excluding hydrogens is 223 g/mol. The Bertz CT molecular complexity index is 302. The molecule has 0 amide bonds. The van der Waals surface area contributed by atoms with Crippen LogP contribution >= 0.6 is 0 Å². The van der Waals surface area contributed by atoms with Gasteiger partial charge in [0.2, 0.25) is 0 Å². The highest BCUT2D eigenvalue weighted by Crippen LogP contribution is 2.41. The van der Waals surface area contributed by atoms with Gasteiger partial charge in [0.05, 0.1) is 11.8 Å². The summed E-state index contributed by atoms with van der Waals surface area (Å²) in [5.41, 5.74) is 0. The first kappa shape index (κ1) is 11.9. The molecule has 3 atom stereocenters. The molecule has 0 aromatic carbocycles. The smallest absolute Gasteiger partial charge is 0.589 e. The van der Waals surface area contributed by atoms with Gasteiger partial charge in [0.1, 0.15) is 0 Å². The van der Waals surface area contributed by atoms with Crippen LogP contribution in [0, 0.1) is 23.7 Å². The Morgan fingerprint density at radius 1 is 1.19 bits per heavy atom. The minimum Gasteiger partial charge on any atom is -0.589 e. The van der Waals surface area contributed by atoms with Crippen LogP contribution in [0.15, 0.2) is 0 Å². The highest BCUT2D eigenvalue weighted by molar-refractivity contribution is 6.27. The van der Waals surface area contributed by atoms with E-state index in [4.69, 9.17) is 7.58 Å². The van der Waals surface area contributed by atoms with Gasteiger partial charge in [-0.1, -0.05) is 20.3 Å². The Morgan fingerprint density at radius 2 is 1.88 bits per heavy atom. The van der Waals surface area contributed by atoms with Crippen molar-refractivity contribution in [3.8, 4) is 0 Å². The average Bonchev–Trinajstić information content (AvgIpc) is 2.40. The summed E-state index contributed by atoms with van der Waals surface area (Å²) < 4.78 is 10.00. The minimum absolute atomic E-state index is 0.218. The van der Waals surface area contributed by atoms with Gasteiger partial charge >= 0.3 is 15.9 Å². The van der Waals surface area contributed by atoms with Crippen LogP contribution in [0.5, 0.6) is 0 Å². The third kappa shape index (κ3) is 2.12. The van der Waals surface area contributed by atoms with Crippen molar-refractivity contribution in [2.45, 2.75) is 33.1 Å². The van der Waals surface area contributed by atoms with E-state index in [0.29, 0.717) is 5.92 Å². The predicted molar refractivity (Wildman–Crippen MR) is 57.1 cm³/mol. The van der Waals surface area contributed by atoms with Crippen LogP contribution in [0.3, 0.4) is 0 Å². The molecule has 2 aliphatic rings. The first-order valence-electron chi connectivity index (χ1n) is 5.84. The second kappa shape index (κ2) is 4.77. The second-order valence-electron chi connectivity index (χ2n) is 4.94. The van der Waals surface area contributed by atoms with Gasteiger partial charge in [-0.15, -0.1) is 0 Å². The SMILES string of the molecule is CC(C)C1CCCC2C(=O)[O][Al][O]C(=O)C21. The zero-order valence-electron chi connectivity index (χ0n) is 9.64. The fourth-order valence-corrected chi connectivity index (χ4v) is 3.44. The number of rotatable bonds is 1. The Morgan fingerprint density at radius 3 is 2.56 bits per heavy atom. The average molecular weight is 239 g/mol. The van der Waals surface area contributed by atoms with E-state index in [-0.39, 0.29) is 29.7 Å². The van der Waals surface area contributed by atoms with E-state index in [1.807, 2.05) is 0 Å². The van der Waals surface area contributed by atoms with Gasteiger partial charge in [0, 0.05) is 0 Å². The first-order chi connectivity index (χ1) is 7.61. The molecule has 1 heterocycles. The Kier molecular flexibility index (Phi) is 3.56. The highest BCUT2D eigenvalue weighted by Gasteiger charge is 2.46. The molecule has 0 aromatic rings. The largest absolute Gasteiger partial charge is 0.885 e. The van der Waals surface area contributed by atoms with Crippen LogP contribution in [0.25, 0.3) is 0 Å². The van der Waals surface area contributed by atoms with Crippen molar-refractivity contribution in [1.82, 2.24) is 0 Å². The van der Waals surface area contributed by atoms with E-state index >= 15 is 0 Å². The van der Waals surface area contributed by atoms with Gasteiger partial charge < -0.3 is 7.58 Å². The molecule has 16 heavy (non-hydrogen) atoms. The highest BCUT2D eigenvalue weighted by atomic mass is 27.2. The van der Waals surface area contributed by atoms with Crippen molar-refractivity contribution in [1.29, 1.82) is 0 Å². The Labute approximate surface area is 102 Å². The quantitative estimate of drug-likeness (QED) is 0.647. The summed E-state index contributed by atoms with van der Waals surface area (Å²) in [6.45, 7) is 4.20. The van der Waals surface area contributed by atoms with Crippen LogP contribution in [-0.2, 0) is 17.2 Å². The number of carbonyl (C=O) groups is 2. The van der Waals surface area contributed by atoms with E-state index in [0.717, 1.165) is 19.3 Å². The van der Waals surface area contributed by atoms with Crippen molar-refractivity contribution in [3.05, 3.63) is 0 Å². The van der Waals surface area contributed by atoms with E-state index < -0.39 is 15.9 Å². The Balaban J connectivity index is 2.26. The van der Waals surface area contributed by atoms with Crippen molar-refractivity contribution in [3.63, 3.8) is 0 Å². The van der Waals surface area contributed by atoms with Crippen LogP contribution in [-0.4, -0.2) is 27.8 Å². The molecule has 2 rings (SSSR count). The van der Waals surface area contributed by atoms with Gasteiger partial charge in [-0.2, -0.15) is 0 Å². The third-order valence-corrected chi connectivity index (χ3v) is 4.36. The minimum atomic E-state index is -0.938. The summed E-state index contributed by atoms with van der Waals surface area (Å²) in [4.78, 5) is 23.6. The molecule has 0 bridgehead atoms. The van der Waals surface area contributed by atoms with Gasteiger partial charge in [-0.05, 0) is 24.7 Å². The summed E-state index contributed by atoms with van der Waals surface area (Å²) in [6.07, 6.45) is 2.78. The van der Waals surface area contributed by atoms with Crippen LogP contribution in [0.1, 0.15) is 33.1 Å². The fraction of sp³-hybridized carbons (Fsp3) is 0.818. The number of fused-ring (bicyclic) bond motifs is 1. The van der Waals surface area contributed by atoms with Crippen molar-refractivity contribution in [2.75, 3.05) is 0 Å². The standard InChI is InChI=1S/C11H18O4.Al/c1-6(2)7-4-3-5-8(10(12)13)9(7)11(14)15;/h6-9H,3-5H2,1-2H3,(H,12,13)(H,14,15);/q;+2/p-2. The lowest BCUT2D eigenvalue weighted by atomic mass is 9.68. The summed E-state index contributed by atoms with van der Waals surface area (Å²) in [5, 5.41) is 0. The van der Waals surface area contributed by atoms with E-state index in [9.17, 15) is 9.59 Å². The normalized spacial score (nSPS) is 34.6.